The number of carboxylic acid groups (broad SMARTS) is 1. The van der Waals surface area contributed by atoms with Crippen LogP contribution in [0.1, 0.15) is 22.8 Å². The van der Waals surface area contributed by atoms with E-state index in [4.69, 9.17) is 5.11 Å². The lowest BCUT2D eigenvalue weighted by molar-refractivity contribution is 0.0698. The number of benzene rings is 1. The lowest BCUT2D eigenvalue weighted by atomic mass is 10.1. The summed E-state index contributed by atoms with van der Waals surface area (Å²) in [6.07, 6.45) is 3.61. The minimum atomic E-state index is -0.922. The number of carbonyl (C=O) groups is 1. The van der Waals surface area contributed by atoms with E-state index in [0.29, 0.717) is 12.2 Å². The number of nitrogens with one attached hydrogen (secondary N) is 1. The molecule has 100 valence electrons. The topological polar surface area (TPSA) is 67.2 Å². The van der Waals surface area contributed by atoms with E-state index in [2.05, 4.69) is 10.4 Å². The summed E-state index contributed by atoms with van der Waals surface area (Å²) in [7, 11) is 0. The number of nitrogens with zero attached hydrogens (tertiary/aromatic N) is 2. The van der Waals surface area contributed by atoms with Gasteiger partial charge in [-0.3, -0.25) is 4.68 Å². The van der Waals surface area contributed by atoms with Crippen LogP contribution in [0.2, 0.25) is 0 Å². The molecule has 2 rings (SSSR count). The van der Waals surface area contributed by atoms with Gasteiger partial charge in [0.25, 0.3) is 0 Å². The third-order valence-electron chi connectivity index (χ3n) is 2.83. The number of hydrogen-bond donors (Lipinski definition) is 2. The summed E-state index contributed by atoms with van der Waals surface area (Å²) in [5.74, 6) is -0.922. The van der Waals surface area contributed by atoms with Gasteiger partial charge in [0.2, 0.25) is 0 Å². The molecule has 0 aliphatic rings. The number of hydrogen-bond acceptors (Lipinski definition) is 3. The summed E-state index contributed by atoms with van der Waals surface area (Å²) in [5, 5.41) is 16.5. The maximum Gasteiger partial charge on any atom is 0.337 e. The van der Waals surface area contributed by atoms with E-state index in [1.165, 1.54) is 0 Å². The lowest BCUT2D eigenvalue weighted by Crippen LogP contribution is -2.23. The first-order valence-corrected chi connectivity index (χ1v) is 6.14. The van der Waals surface area contributed by atoms with Crippen LogP contribution in [0.5, 0.6) is 0 Å². The van der Waals surface area contributed by atoms with Gasteiger partial charge in [0.1, 0.15) is 0 Å². The highest BCUT2D eigenvalue weighted by atomic mass is 16.4. The minimum absolute atomic E-state index is 0.0831. The molecule has 0 aliphatic carbocycles. The lowest BCUT2D eigenvalue weighted by Gasteiger charge is -2.17. The molecule has 0 spiro atoms. The maximum atomic E-state index is 11.2. The summed E-state index contributed by atoms with van der Waals surface area (Å²) in [6.45, 7) is 4.62. The van der Waals surface area contributed by atoms with E-state index in [0.717, 1.165) is 5.56 Å². The number of aromatic nitrogens is 2. The predicted molar refractivity (Wildman–Crippen MR) is 73.5 cm³/mol. The third-order valence-corrected chi connectivity index (χ3v) is 2.83. The first kappa shape index (κ1) is 13.1. The Balaban J connectivity index is 2.13. The van der Waals surface area contributed by atoms with Gasteiger partial charge in [-0.1, -0.05) is 6.07 Å². The Morgan fingerprint density at radius 1 is 1.53 bits per heavy atom. The van der Waals surface area contributed by atoms with Crippen LogP contribution in [-0.4, -0.2) is 26.9 Å². The molecule has 1 atom stereocenters. The molecule has 1 unspecified atom stereocenters. The highest BCUT2D eigenvalue weighted by molar-refractivity contribution is 5.94. The Labute approximate surface area is 111 Å². The Hall–Kier alpha value is -2.30. The molecule has 0 bridgehead atoms. The fraction of sp³-hybridized carbons (Fsp3) is 0.286. The highest BCUT2D eigenvalue weighted by Gasteiger charge is 2.12. The van der Waals surface area contributed by atoms with E-state index in [1.54, 1.807) is 18.3 Å². The molecule has 0 radical (unpaired) electrons. The van der Waals surface area contributed by atoms with Crippen LogP contribution in [0.15, 0.2) is 36.7 Å². The molecule has 19 heavy (non-hydrogen) atoms. The number of aromatic carboxylic acids is 1. The average molecular weight is 259 g/mol. The second kappa shape index (κ2) is 5.56. The summed E-state index contributed by atoms with van der Waals surface area (Å²) < 4.78 is 1.81. The SMILES string of the molecule is Cc1ccc(C(=O)O)c(NC(C)Cn2cccn2)c1. The zero-order chi connectivity index (χ0) is 13.8. The van der Waals surface area contributed by atoms with Gasteiger partial charge in [-0.05, 0) is 37.6 Å². The van der Waals surface area contributed by atoms with E-state index in [9.17, 15) is 4.79 Å². The number of aryl methyl sites for hydroxylation is 1. The van der Waals surface area contributed by atoms with Crippen LogP contribution in [0, 0.1) is 6.92 Å². The first-order valence-electron chi connectivity index (χ1n) is 6.14. The smallest absolute Gasteiger partial charge is 0.337 e. The van der Waals surface area contributed by atoms with Crippen molar-refractivity contribution in [3.05, 3.63) is 47.8 Å². The summed E-state index contributed by atoms with van der Waals surface area (Å²) in [4.78, 5) is 11.2. The van der Waals surface area contributed by atoms with Crippen molar-refractivity contribution in [2.45, 2.75) is 26.4 Å². The fourth-order valence-electron chi connectivity index (χ4n) is 1.96. The van der Waals surface area contributed by atoms with Crippen molar-refractivity contribution < 1.29 is 9.90 Å². The highest BCUT2D eigenvalue weighted by Crippen LogP contribution is 2.18. The molecule has 0 saturated carbocycles. The van der Waals surface area contributed by atoms with Crippen LogP contribution in [-0.2, 0) is 6.54 Å². The van der Waals surface area contributed by atoms with Crippen molar-refractivity contribution >= 4 is 11.7 Å². The third kappa shape index (κ3) is 3.34. The molecule has 0 fully saturated rings. The van der Waals surface area contributed by atoms with Gasteiger partial charge >= 0.3 is 5.97 Å². The van der Waals surface area contributed by atoms with Crippen molar-refractivity contribution in [1.29, 1.82) is 0 Å². The van der Waals surface area contributed by atoms with Crippen molar-refractivity contribution in [1.82, 2.24) is 9.78 Å². The fourth-order valence-corrected chi connectivity index (χ4v) is 1.96. The van der Waals surface area contributed by atoms with Gasteiger partial charge in [-0.2, -0.15) is 5.10 Å². The summed E-state index contributed by atoms with van der Waals surface area (Å²) in [5.41, 5.74) is 1.96. The van der Waals surface area contributed by atoms with Gasteiger partial charge in [0.05, 0.1) is 12.1 Å². The molecule has 1 heterocycles. The van der Waals surface area contributed by atoms with E-state index in [-0.39, 0.29) is 11.6 Å². The largest absolute Gasteiger partial charge is 0.478 e. The molecular weight excluding hydrogens is 242 g/mol. The molecule has 5 heteroatoms. The Kier molecular flexibility index (Phi) is 3.85. The molecule has 1 aromatic carbocycles. The second-order valence-electron chi connectivity index (χ2n) is 4.63. The first-order chi connectivity index (χ1) is 9.06. The molecule has 0 aliphatic heterocycles. The maximum absolute atomic E-state index is 11.2. The average Bonchev–Trinajstić information content (AvgIpc) is 2.81. The Morgan fingerprint density at radius 2 is 2.32 bits per heavy atom. The van der Waals surface area contributed by atoms with Gasteiger partial charge in [-0.15, -0.1) is 0 Å². The van der Waals surface area contributed by atoms with Crippen molar-refractivity contribution in [3.63, 3.8) is 0 Å². The Morgan fingerprint density at radius 3 is 2.95 bits per heavy atom. The number of rotatable bonds is 5. The quantitative estimate of drug-likeness (QED) is 0.865. The van der Waals surface area contributed by atoms with Crippen LogP contribution in [0.4, 0.5) is 5.69 Å². The van der Waals surface area contributed by atoms with E-state index < -0.39 is 5.97 Å². The molecule has 0 amide bonds. The number of anilines is 1. The molecular formula is C14H17N3O2. The molecule has 0 saturated heterocycles. The normalized spacial score (nSPS) is 12.1. The van der Waals surface area contributed by atoms with Gasteiger partial charge in [0, 0.05) is 24.1 Å². The van der Waals surface area contributed by atoms with Crippen molar-refractivity contribution in [2.75, 3.05) is 5.32 Å². The van der Waals surface area contributed by atoms with E-state index in [1.807, 2.05) is 36.9 Å². The molecule has 5 nitrogen and oxygen atoms in total. The van der Waals surface area contributed by atoms with Gasteiger partial charge < -0.3 is 10.4 Å². The standard InChI is InChI=1S/C14H17N3O2/c1-10-4-5-12(14(18)19)13(8-10)16-11(2)9-17-7-3-6-15-17/h3-8,11,16H,9H2,1-2H3,(H,18,19). The van der Waals surface area contributed by atoms with Crippen molar-refractivity contribution in [3.8, 4) is 0 Å². The zero-order valence-corrected chi connectivity index (χ0v) is 11.0. The molecule has 1 aromatic heterocycles. The summed E-state index contributed by atoms with van der Waals surface area (Å²) >= 11 is 0. The van der Waals surface area contributed by atoms with Crippen molar-refractivity contribution in [2.24, 2.45) is 0 Å². The summed E-state index contributed by atoms with van der Waals surface area (Å²) in [6, 6.07) is 7.22. The molecule has 2 aromatic rings. The van der Waals surface area contributed by atoms with Crippen LogP contribution < -0.4 is 5.32 Å². The van der Waals surface area contributed by atoms with Crippen LogP contribution in [0.25, 0.3) is 0 Å². The predicted octanol–water partition coefficient (Wildman–Crippen LogP) is 2.39. The van der Waals surface area contributed by atoms with Crippen LogP contribution >= 0.6 is 0 Å². The Bertz CT molecular complexity index is 564. The van der Waals surface area contributed by atoms with E-state index >= 15 is 0 Å². The minimum Gasteiger partial charge on any atom is -0.478 e. The van der Waals surface area contributed by atoms with Crippen LogP contribution in [0.3, 0.4) is 0 Å². The monoisotopic (exact) mass is 259 g/mol. The molecule has 2 N–H and O–H groups in total. The van der Waals surface area contributed by atoms with Gasteiger partial charge in [0.15, 0.2) is 0 Å². The zero-order valence-electron chi connectivity index (χ0n) is 11.0. The second-order valence-corrected chi connectivity index (χ2v) is 4.63. The van der Waals surface area contributed by atoms with Gasteiger partial charge in [-0.25, -0.2) is 4.79 Å². The number of carboxylic acids is 1.